The molecule has 1 aliphatic carbocycles. The topological polar surface area (TPSA) is 74.8 Å². The molecule has 2 aromatic rings. The van der Waals surface area contributed by atoms with Crippen LogP contribution in [0, 0.1) is 17.7 Å². The van der Waals surface area contributed by atoms with Gasteiger partial charge in [-0.2, -0.15) is 5.01 Å². The smallest absolute Gasteiger partial charge is 0.275 e. The van der Waals surface area contributed by atoms with Crippen LogP contribution in [0.3, 0.4) is 0 Å². The number of Topliss-reactive ketones (excluding diaryl/α,β-unsaturated/α-hetero) is 1. The molecule has 2 aliphatic rings. The number of ketones is 1. The van der Waals surface area contributed by atoms with E-state index in [0.717, 1.165) is 22.2 Å². The van der Waals surface area contributed by atoms with Gasteiger partial charge in [0.15, 0.2) is 5.78 Å². The first-order valence-electron chi connectivity index (χ1n) is 11.2. The number of carbonyl (C=O) groups excluding carboxylic acids is 4. The van der Waals surface area contributed by atoms with Crippen molar-refractivity contribution in [2.24, 2.45) is 11.8 Å². The van der Waals surface area contributed by atoms with Crippen LogP contribution in [0.4, 0.5) is 4.39 Å². The van der Waals surface area contributed by atoms with Crippen LogP contribution in [-0.4, -0.2) is 55.1 Å². The Bertz CT molecular complexity index is 1170. The van der Waals surface area contributed by atoms with Crippen molar-refractivity contribution >= 4 is 78.6 Å². The van der Waals surface area contributed by atoms with E-state index < -0.39 is 47.2 Å². The highest BCUT2D eigenvalue weighted by atomic mass is 79.9. The van der Waals surface area contributed by atoms with Gasteiger partial charge in [-0.15, -0.1) is 11.6 Å². The van der Waals surface area contributed by atoms with E-state index in [2.05, 4.69) is 31.9 Å². The third kappa shape index (κ3) is 5.12. The number of nitrogens with zero attached hydrogens (tertiary/aromatic N) is 2. The van der Waals surface area contributed by atoms with Gasteiger partial charge >= 0.3 is 0 Å². The second-order valence-electron chi connectivity index (χ2n) is 8.70. The summed E-state index contributed by atoms with van der Waals surface area (Å²) in [4.78, 5) is 54.7. The normalized spacial score (nSPS) is 24.4. The summed E-state index contributed by atoms with van der Waals surface area (Å²) < 4.78 is 13.5. The lowest BCUT2D eigenvalue weighted by Crippen LogP contribution is -2.57. The second kappa shape index (κ2) is 11.3. The zero-order valence-corrected chi connectivity index (χ0v) is 23.4. The van der Waals surface area contributed by atoms with Crippen molar-refractivity contribution in [1.29, 1.82) is 0 Å². The van der Waals surface area contributed by atoms with Gasteiger partial charge in [0.05, 0.1) is 22.4 Å². The number of alkyl halides is 3. The number of rotatable bonds is 7. The first-order valence-corrected chi connectivity index (χ1v) is 14.0. The Morgan fingerprint density at radius 2 is 1.56 bits per heavy atom. The summed E-state index contributed by atoms with van der Waals surface area (Å²) in [5.74, 6) is -4.33. The Kier molecular flexibility index (Phi) is 8.54. The van der Waals surface area contributed by atoms with E-state index in [1.165, 1.54) is 24.3 Å². The predicted molar refractivity (Wildman–Crippen MR) is 141 cm³/mol. The Balaban J connectivity index is 1.82. The summed E-state index contributed by atoms with van der Waals surface area (Å²) in [6, 6.07) is 9.71. The van der Waals surface area contributed by atoms with E-state index in [1.54, 1.807) is 12.1 Å². The van der Waals surface area contributed by atoms with Gasteiger partial charge in [-0.05, 0) is 55.7 Å². The quantitative estimate of drug-likeness (QED) is 0.219. The molecule has 0 radical (unpaired) electrons. The standard InChI is InChI=1S/C25H21Br2Cl2FN2O4/c26-18-11-16-17(12-19(18)27)25(36)32(24(16)35)31(23(34)15-3-1-2-4-20(15)29)21(9-10-28)22(33)13-5-7-14(30)8-6-13/h1-8,16-19,21H,9-12H2/t16-,17-,18-,19+,21+/m1/s1. The van der Waals surface area contributed by atoms with Crippen LogP contribution in [0.1, 0.15) is 40.0 Å². The molecule has 190 valence electrons. The highest BCUT2D eigenvalue weighted by molar-refractivity contribution is 9.12. The number of carbonyl (C=O) groups is 4. The highest BCUT2D eigenvalue weighted by Gasteiger charge is 2.56. The highest BCUT2D eigenvalue weighted by Crippen LogP contribution is 2.44. The average Bonchev–Trinajstić information content (AvgIpc) is 3.08. The molecular formula is C25H21Br2Cl2FN2O4. The summed E-state index contributed by atoms with van der Waals surface area (Å²) in [5.41, 5.74) is 0.138. The fourth-order valence-corrected chi connectivity index (χ4v) is 6.35. The molecule has 2 fully saturated rings. The van der Waals surface area contributed by atoms with Crippen molar-refractivity contribution in [2.75, 3.05) is 5.88 Å². The van der Waals surface area contributed by atoms with E-state index in [9.17, 15) is 23.6 Å². The minimum absolute atomic E-state index is 0.0258. The summed E-state index contributed by atoms with van der Waals surface area (Å²) in [6.07, 6.45) is 0.728. The first-order chi connectivity index (χ1) is 17.1. The van der Waals surface area contributed by atoms with Crippen molar-refractivity contribution in [1.82, 2.24) is 10.0 Å². The van der Waals surface area contributed by atoms with E-state index in [4.69, 9.17) is 23.2 Å². The van der Waals surface area contributed by atoms with Crippen LogP contribution in [0.2, 0.25) is 5.02 Å². The van der Waals surface area contributed by atoms with Crippen molar-refractivity contribution in [3.63, 3.8) is 0 Å². The molecule has 4 rings (SSSR count). The van der Waals surface area contributed by atoms with E-state index >= 15 is 0 Å². The maximum absolute atomic E-state index is 13.9. The molecule has 11 heteroatoms. The van der Waals surface area contributed by atoms with Crippen LogP contribution in [0.25, 0.3) is 0 Å². The average molecular weight is 663 g/mol. The van der Waals surface area contributed by atoms with Crippen molar-refractivity contribution < 1.29 is 23.6 Å². The lowest BCUT2D eigenvalue weighted by molar-refractivity contribution is -0.156. The zero-order valence-electron chi connectivity index (χ0n) is 18.8. The molecule has 36 heavy (non-hydrogen) atoms. The number of benzene rings is 2. The lowest BCUT2D eigenvalue weighted by Gasteiger charge is -2.36. The Labute approximate surface area is 234 Å². The van der Waals surface area contributed by atoms with Gasteiger partial charge in [0.1, 0.15) is 11.9 Å². The van der Waals surface area contributed by atoms with Crippen molar-refractivity contribution in [3.05, 3.63) is 70.5 Å². The maximum atomic E-state index is 13.9. The minimum atomic E-state index is -1.30. The first kappa shape index (κ1) is 27.2. The Morgan fingerprint density at radius 1 is 1.00 bits per heavy atom. The molecule has 0 N–H and O–H groups in total. The molecule has 5 atom stereocenters. The van der Waals surface area contributed by atoms with Crippen LogP contribution in [-0.2, 0) is 9.59 Å². The van der Waals surface area contributed by atoms with Gasteiger partial charge in [-0.25, -0.2) is 9.40 Å². The number of hydrogen-bond donors (Lipinski definition) is 0. The molecule has 6 nitrogen and oxygen atoms in total. The van der Waals surface area contributed by atoms with Crippen LogP contribution in [0.15, 0.2) is 48.5 Å². The van der Waals surface area contributed by atoms with Gasteiger partial charge in [-0.3, -0.25) is 19.2 Å². The lowest BCUT2D eigenvalue weighted by atomic mass is 9.81. The third-order valence-electron chi connectivity index (χ3n) is 6.53. The molecule has 0 unspecified atom stereocenters. The monoisotopic (exact) mass is 660 g/mol. The van der Waals surface area contributed by atoms with E-state index in [0.29, 0.717) is 12.8 Å². The van der Waals surface area contributed by atoms with Gasteiger partial charge in [-0.1, -0.05) is 55.6 Å². The second-order valence-corrected chi connectivity index (χ2v) is 11.8. The maximum Gasteiger partial charge on any atom is 0.275 e. The largest absolute Gasteiger partial charge is 0.292 e. The number of amides is 3. The van der Waals surface area contributed by atoms with E-state index in [1.807, 2.05) is 0 Å². The molecule has 1 aliphatic heterocycles. The Hall–Kier alpha value is -1.81. The van der Waals surface area contributed by atoms with Gasteiger partial charge in [0.25, 0.3) is 17.7 Å². The molecule has 1 saturated heterocycles. The minimum Gasteiger partial charge on any atom is -0.292 e. The molecule has 1 saturated carbocycles. The zero-order chi connectivity index (χ0) is 26.1. The van der Waals surface area contributed by atoms with Gasteiger partial charge < -0.3 is 0 Å². The molecule has 0 spiro atoms. The van der Waals surface area contributed by atoms with Crippen LogP contribution < -0.4 is 0 Å². The number of halogens is 5. The van der Waals surface area contributed by atoms with Gasteiger partial charge in [0, 0.05) is 21.1 Å². The molecular weight excluding hydrogens is 642 g/mol. The van der Waals surface area contributed by atoms with Gasteiger partial charge in [0.2, 0.25) is 0 Å². The molecule has 2 aromatic carbocycles. The number of imide groups is 1. The molecule has 3 amide bonds. The predicted octanol–water partition coefficient (Wildman–Crippen LogP) is 5.64. The molecule has 1 heterocycles. The number of hydrazine groups is 1. The van der Waals surface area contributed by atoms with E-state index in [-0.39, 0.29) is 38.1 Å². The summed E-state index contributed by atoms with van der Waals surface area (Å²) in [7, 11) is 0. The Morgan fingerprint density at radius 3 is 2.08 bits per heavy atom. The fourth-order valence-electron chi connectivity index (χ4n) is 4.69. The fraction of sp³-hybridized carbons (Fsp3) is 0.360. The summed E-state index contributed by atoms with van der Waals surface area (Å²) in [6.45, 7) is 0. The van der Waals surface area contributed by atoms with Crippen molar-refractivity contribution in [3.8, 4) is 0 Å². The number of fused-ring (bicyclic) bond motifs is 1. The van der Waals surface area contributed by atoms with Crippen molar-refractivity contribution in [2.45, 2.75) is 35.0 Å². The van der Waals surface area contributed by atoms with Crippen LogP contribution in [0.5, 0.6) is 0 Å². The van der Waals surface area contributed by atoms with Crippen LogP contribution >= 0.6 is 55.1 Å². The number of hydrogen-bond acceptors (Lipinski definition) is 4. The summed E-state index contributed by atoms with van der Waals surface area (Å²) >= 11 is 19.4. The third-order valence-corrected chi connectivity index (χ3v) is 9.81. The summed E-state index contributed by atoms with van der Waals surface area (Å²) in [5, 5.41) is 1.82. The SMILES string of the molecule is O=C(c1ccc(F)cc1)[C@H](CCCl)N(C(=O)c1ccccc1Cl)N1C(=O)[C@@H]2C[C@@H](Br)[C@@H](Br)C[C@H]2C1=O. The molecule has 0 aromatic heterocycles. The molecule has 0 bridgehead atoms.